The Balaban J connectivity index is 1.79. The summed E-state index contributed by atoms with van der Waals surface area (Å²) in [5.74, 6) is 0. The van der Waals surface area contributed by atoms with Gasteiger partial charge in [-0.05, 0) is 43.1 Å². The molecule has 0 unspecified atom stereocenters. The first-order chi connectivity index (χ1) is 10.2. The van der Waals surface area contributed by atoms with Crippen LogP contribution in [0.4, 0.5) is 0 Å². The molecular formula is C19H24N2. The third kappa shape index (κ3) is 2.74. The van der Waals surface area contributed by atoms with Crippen LogP contribution in [0.2, 0.25) is 0 Å². The number of nitrogens with zero attached hydrogens (tertiary/aromatic N) is 1. The Hall–Kier alpha value is -1.64. The minimum absolute atomic E-state index is 0.331. The van der Waals surface area contributed by atoms with Crippen molar-refractivity contribution in [3.8, 4) is 11.1 Å². The van der Waals surface area contributed by atoms with E-state index in [-0.39, 0.29) is 0 Å². The second kappa shape index (κ2) is 6.00. The van der Waals surface area contributed by atoms with Gasteiger partial charge in [0, 0.05) is 19.1 Å². The Kier molecular flexibility index (Phi) is 4.09. The van der Waals surface area contributed by atoms with Crippen molar-refractivity contribution >= 4 is 0 Å². The quantitative estimate of drug-likeness (QED) is 0.898. The summed E-state index contributed by atoms with van der Waals surface area (Å²) in [5, 5.41) is 3.74. The maximum atomic E-state index is 3.74. The molecule has 2 heteroatoms. The smallest absolute Gasteiger partial charge is 0.0589 e. The predicted octanol–water partition coefficient (Wildman–Crippen LogP) is 3.69. The molecule has 110 valence electrons. The van der Waals surface area contributed by atoms with E-state index in [1.807, 2.05) is 0 Å². The van der Waals surface area contributed by atoms with Crippen molar-refractivity contribution in [3.05, 3.63) is 59.7 Å². The molecule has 0 atom stereocenters. The van der Waals surface area contributed by atoms with Crippen molar-refractivity contribution in [2.24, 2.45) is 0 Å². The standard InChI is InChI=1S/C19H24N2/c1-14(2)21(3)13-12-20-19-17-10-6-4-8-15(17)16-9-5-7-11-18(16)19/h4-11,14,19-20H,12-13H2,1-3H3. The highest BCUT2D eigenvalue weighted by Crippen LogP contribution is 2.42. The van der Waals surface area contributed by atoms with Gasteiger partial charge in [0.05, 0.1) is 6.04 Å². The van der Waals surface area contributed by atoms with Crippen molar-refractivity contribution in [1.29, 1.82) is 0 Å². The van der Waals surface area contributed by atoms with E-state index >= 15 is 0 Å². The SMILES string of the molecule is CC(C)N(C)CCNC1c2ccccc2-c2ccccc21. The lowest BCUT2D eigenvalue weighted by Gasteiger charge is -2.23. The number of hydrogen-bond acceptors (Lipinski definition) is 2. The number of rotatable bonds is 5. The highest BCUT2D eigenvalue weighted by atomic mass is 15.1. The van der Waals surface area contributed by atoms with Crippen LogP contribution in [0.3, 0.4) is 0 Å². The molecule has 0 amide bonds. The first-order valence-electron chi connectivity index (χ1n) is 7.80. The molecule has 2 aromatic rings. The molecular weight excluding hydrogens is 256 g/mol. The molecule has 0 radical (unpaired) electrons. The highest BCUT2D eigenvalue weighted by molar-refractivity contribution is 5.78. The average Bonchev–Trinajstić information content (AvgIpc) is 2.82. The van der Waals surface area contributed by atoms with Gasteiger partial charge in [-0.15, -0.1) is 0 Å². The number of likely N-dealkylation sites (N-methyl/N-ethyl adjacent to an activating group) is 1. The van der Waals surface area contributed by atoms with E-state index in [0.717, 1.165) is 13.1 Å². The maximum absolute atomic E-state index is 3.74. The molecule has 3 rings (SSSR count). The van der Waals surface area contributed by atoms with Gasteiger partial charge < -0.3 is 10.2 Å². The van der Waals surface area contributed by atoms with Crippen LogP contribution in [0.5, 0.6) is 0 Å². The summed E-state index contributed by atoms with van der Waals surface area (Å²) in [6.07, 6.45) is 0. The summed E-state index contributed by atoms with van der Waals surface area (Å²) in [6, 6.07) is 18.4. The van der Waals surface area contributed by atoms with Gasteiger partial charge in [-0.2, -0.15) is 0 Å². The zero-order valence-corrected chi connectivity index (χ0v) is 13.1. The number of benzene rings is 2. The predicted molar refractivity (Wildman–Crippen MR) is 89.5 cm³/mol. The number of fused-ring (bicyclic) bond motifs is 3. The highest BCUT2D eigenvalue weighted by Gasteiger charge is 2.27. The van der Waals surface area contributed by atoms with E-state index in [9.17, 15) is 0 Å². The van der Waals surface area contributed by atoms with E-state index in [1.165, 1.54) is 22.3 Å². The summed E-state index contributed by atoms with van der Waals surface area (Å²) in [6.45, 7) is 6.54. The van der Waals surface area contributed by atoms with E-state index in [0.29, 0.717) is 12.1 Å². The minimum Gasteiger partial charge on any atom is -0.305 e. The first kappa shape index (κ1) is 14.3. The van der Waals surface area contributed by atoms with E-state index < -0.39 is 0 Å². The van der Waals surface area contributed by atoms with Crippen LogP contribution in [0, 0.1) is 0 Å². The van der Waals surface area contributed by atoms with Crippen LogP contribution in [-0.2, 0) is 0 Å². The molecule has 0 fully saturated rings. The average molecular weight is 280 g/mol. The third-order valence-corrected chi connectivity index (χ3v) is 4.53. The molecule has 0 heterocycles. The molecule has 0 aromatic heterocycles. The second-order valence-electron chi connectivity index (χ2n) is 6.14. The van der Waals surface area contributed by atoms with Gasteiger partial charge in [0.2, 0.25) is 0 Å². The van der Waals surface area contributed by atoms with E-state index in [1.54, 1.807) is 0 Å². The van der Waals surface area contributed by atoms with Gasteiger partial charge in [0.1, 0.15) is 0 Å². The monoisotopic (exact) mass is 280 g/mol. The molecule has 1 aliphatic rings. The molecule has 21 heavy (non-hydrogen) atoms. The van der Waals surface area contributed by atoms with Crippen LogP contribution in [-0.4, -0.2) is 31.1 Å². The van der Waals surface area contributed by atoms with E-state index in [2.05, 4.69) is 79.6 Å². The fourth-order valence-corrected chi connectivity index (χ4v) is 3.02. The van der Waals surface area contributed by atoms with Crippen LogP contribution >= 0.6 is 0 Å². The van der Waals surface area contributed by atoms with Crippen molar-refractivity contribution in [1.82, 2.24) is 10.2 Å². The first-order valence-corrected chi connectivity index (χ1v) is 7.80. The Morgan fingerprint density at radius 3 is 2.00 bits per heavy atom. The molecule has 0 aliphatic heterocycles. The van der Waals surface area contributed by atoms with Gasteiger partial charge in [0.15, 0.2) is 0 Å². The van der Waals surface area contributed by atoms with Gasteiger partial charge >= 0.3 is 0 Å². The molecule has 0 saturated heterocycles. The zero-order chi connectivity index (χ0) is 14.8. The maximum Gasteiger partial charge on any atom is 0.0589 e. The van der Waals surface area contributed by atoms with Crippen LogP contribution in [0.1, 0.15) is 31.0 Å². The molecule has 0 spiro atoms. The lowest BCUT2D eigenvalue weighted by Crippen LogP contribution is -2.35. The van der Waals surface area contributed by atoms with Crippen molar-refractivity contribution in [3.63, 3.8) is 0 Å². The third-order valence-electron chi connectivity index (χ3n) is 4.53. The van der Waals surface area contributed by atoms with Crippen LogP contribution in [0.15, 0.2) is 48.5 Å². The van der Waals surface area contributed by atoms with Gasteiger partial charge in [-0.3, -0.25) is 0 Å². The largest absolute Gasteiger partial charge is 0.305 e. The zero-order valence-electron chi connectivity index (χ0n) is 13.1. The lowest BCUT2D eigenvalue weighted by atomic mass is 10.1. The molecule has 0 bridgehead atoms. The van der Waals surface area contributed by atoms with Crippen molar-refractivity contribution in [2.75, 3.05) is 20.1 Å². The second-order valence-corrected chi connectivity index (χ2v) is 6.14. The Bertz CT molecular complexity index is 573. The molecule has 2 nitrogen and oxygen atoms in total. The van der Waals surface area contributed by atoms with Gasteiger partial charge in [-0.25, -0.2) is 0 Å². The van der Waals surface area contributed by atoms with Crippen molar-refractivity contribution in [2.45, 2.75) is 25.9 Å². The number of nitrogens with one attached hydrogen (secondary N) is 1. The molecule has 1 N–H and O–H groups in total. The molecule has 1 aliphatic carbocycles. The topological polar surface area (TPSA) is 15.3 Å². The van der Waals surface area contributed by atoms with Crippen LogP contribution in [0.25, 0.3) is 11.1 Å². The number of hydrogen-bond donors (Lipinski definition) is 1. The minimum atomic E-state index is 0.331. The Labute approximate surface area is 127 Å². The summed E-state index contributed by atoms with van der Waals surface area (Å²) in [5.41, 5.74) is 5.57. The fraction of sp³-hybridized carbons (Fsp3) is 0.368. The van der Waals surface area contributed by atoms with Gasteiger partial charge in [-0.1, -0.05) is 48.5 Å². The lowest BCUT2D eigenvalue weighted by molar-refractivity contribution is 0.271. The fourth-order valence-electron chi connectivity index (χ4n) is 3.02. The Morgan fingerprint density at radius 1 is 0.952 bits per heavy atom. The summed E-state index contributed by atoms with van der Waals surface area (Å²) in [4.78, 5) is 2.37. The molecule has 0 saturated carbocycles. The van der Waals surface area contributed by atoms with Crippen LogP contribution < -0.4 is 5.32 Å². The molecule has 2 aromatic carbocycles. The summed E-state index contributed by atoms with van der Waals surface area (Å²) in [7, 11) is 2.18. The van der Waals surface area contributed by atoms with E-state index in [4.69, 9.17) is 0 Å². The summed E-state index contributed by atoms with van der Waals surface area (Å²) < 4.78 is 0. The Morgan fingerprint density at radius 2 is 1.48 bits per heavy atom. The van der Waals surface area contributed by atoms with Gasteiger partial charge in [0.25, 0.3) is 0 Å². The summed E-state index contributed by atoms with van der Waals surface area (Å²) >= 11 is 0. The van der Waals surface area contributed by atoms with Crippen molar-refractivity contribution < 1.29 is 0 Å². The normalized spacial score (nSPS) is 13.8.